The van der Waals surface area contributed by atoms with Crippen molar-refractivity contribution in [3.63, 3.8) is 0 Å². The van der Waals surface area contributed by atoms with E-state index in [0.29, 0.717) is 10.2 Å². The van der Waals surface area contributed by atoms with Gasteiger partial charge in [0.2, 0.25) is 0 Å². The lowest BCUT2D eigenvalue weighted by Crippen LogP contribution is -2.13. The van der Waals surface area contributed by atoms with Gasteiger partial charge in [0.05, 0.1) is 21.1 Å². The predicted molar refractivity (Wildman–Crippen MR) is 85.8 cm³/mol. The number of fused-ring (bicyclic) bond motifs is 1. The number of hydrogen-bond acceptors (Lipinski definition) is 5. The van der Waals surface area contributed by atoms with E-state index < -0.39 is 5.97 Å². The molecule has 1 N–H and O–H groups in total. The molecule has 0 saturated heterocycles. The largest absolute Gasteiger partial charge is 0.454 e. The smallest absolute Gasteiger partial charge is 0.340 e. The molecule has 0 atom stereocenters. The third-order valence-corrected chi connectivity index (χ3v) is 4.60. The third kappa shape index (κ3) is 2.85. The van der Waals surface area contributed by atoms with Crippen LogP contribution in [0.5, 0.6) is 0 Å². The van der Waals surface area contributed by atoms with Crippen molar-refractivity contribution >= 4 is 50.7 Å². The van der Waals surface area contributed by atoms with Crippen LogP contribution in [0, 0.1) is 0 Å². The van der Waals surface area contributed by atoms with Crippen molar-refractivity contribution in [3.8, 4) is 0 Å². The Morgan fingerprint density at radius 2 is 2.14 bits per heavy atom. The number of halogens is 2. The maximum Gasteiger partial charge on any atom is 0.340 e. The number of carbonyl (C=O) groups excluding carboxylic acids is 1. The number of aromatic amines is 1. The minimum atomic E-state index is -0.638. The fourth-order valence-corrected chi connectivity index (χ4v) is 2.97. The molecule has 1 aromatic carbocycles. The normalized spacial score (nSPS) is 10.8. The monoisotopic (exact) mass is 354 g/mol. The highest BCUT2D eigenvalue weighted by molar-refractivity contribution is 7.17. The number of rotatable bonds is 3. The summed E-state index contributed by atoms with van der Waals surface area (Å²) in [5.74, 6) is -0.372. The van der Waals surface area contributed by atoms with Crippen LogP contribution < -0.4 is 5.56 Å². The maximum atomic E-state index is 12.0. The molecular formula is C14H8Cl2N2O3S. The lowest BCUT2D eigenvalue weighted by atomic mass is 10.2. The van der Waals surface area contributed by atoms with Crippen molar-refractivity contribution in [3.05, 3.63) is 61.4 Å². The second-order valence-corrected chi connectivity index (χ2v) is 6.03. The van der Waals surface area contributed by atoms with E-state index in [1.807, 2.05) is 0 Å². The number of thiophene rings is 1. The van der Waals surface area contributed by atoms with E-state index in [1.54, 1.807) is 23.6 Å². The van der Waals surface area contributed by atoms with Crippen LogP contribution in [0.25, 0.3) is 10.2 Å². The molecule has 112 valence electrons. The Labute approximate surface area is 138 Å². The highest BCUT2D eigenvalue weighted by Gasteiger charge is 2.15. The van der Waals surface area contributed by atoms with Gasteiger partial charge >= 0.3 is 5.97 Å². The molecule has 0 unspecified atom stereocenters. The Balaban J connectivity index is 1.80. The van der Waals surface area contributed by atoms with Gasteiger partial charge in [-0.1, -0.05) is 29.3 Å². The van der Waals surface area contributed by atoms with Gasteiger partial charge in [0.15, 0.2) is 0 Å². The topological polar surface area (TPSA) is 72.0 Å². The van der Waals surface area contributed by atoms with Crippen molar-refractivity contribution < 1.29 is 9.53 Å². The van der Waals surface area contributed by atoms with E-state index in [2.05, 4.69) is 9.97 Å². The van der Waals surface area contributed by atoms with Crippen LogP contribution in [0.1, 0.15) is 16.2 Å². The summed E-state index contributed by atoms with van der Waals surface area (Å²) in [6, 6.07) is 6.41. The Morgan fingerprint density at radius 1 is 1.32 bits per heavy atom. The summed E-state index contributed by atoms with van der Waals surface area (Å²) in [6.07, 6.45) is 0. The molecule has 0 radical (unpaired) electrons. The van der Waals surface area contributed by atoms with Gasteiger partial charge in [-0.25, -0.2) is 9.78 Å². The standard InChI is InChI=1S/C14H8Cl2N2O3S/c15-8-3-1-2-7(11(8)16)14(20)21-6-10-17-9-4-5-22-12(9)13(19)18-10/h1-5H,6H2,(H,17,18,19). The SMILES string of the molecule is O=C(OCc1nc2ccsc2c(=O)[nH]1)c1cccc(Cl)c1Cl. The van der Waals surface area contributed by atoms with E-state index >= 15 is 0 Å². The van der Waals surface area contributed by atoms with Crippen molar-refractivity contribution in [2.45, 2.75) is 6.61 Å². The summed E-state index contributed by atoms with van der Waals surface area (Å²) in [6.45, 7) is -0.164. The van der Waals surface area contributed by atoms with Gasteiger partial charge in [0.1, 0.15) is 17.1 Å². The molecular weight excluding hydrogens is 347 g/mol. The molecule has 0 aliphatic rings. The molecule has 0 aliphatic carbocycles. The van der Waals surface area contributed by atoms with E-state index in [1.165, 1.54) is 17.4 Å². The first-order valence-corrected chi connectivity index (χ1v) is 7.77. The van der Waals surface area contributed by atoms with Crippen LogP contribution in [0.15, 0.2) is 34.4 Å². The van der Waals surface area contributed by atoms with Gasteiger partial charge in [-0.3, -0.25) is 4.79 Å². The number of benzene rings is 1. The molecule has 2 heterocycles. The lowest BCUT2D eigenvalue weighted by molar-refractivity contribution is 0.0462. The second kappa shape index (κ2) is 6.08. The molecule has 2 aromatic heterocycles. The Kier molecular flexibility index (Phi) is 4.15. The predicted octanol–water partition coefficient (Wildman–Crippen LogP) is 3.65. The van der Waals surface area contributed by atoms with Crippen molar-refractivity contribution in [1.29, 1.82) is 0 Å². The molecule has 0 fully saturated rings. The van der Waals surface area contributed by atoms with Crippen LogP contribution in [0.4, 0.5) is 0 Å². The number of hydrogen-bond donors (Lipinski definition) is 1. The van der Waals surface area contributed by atoms with E-state index in [4.69, 9.17) is 27.9 Å². The van der Waals surface area contributed by atoms with Gasteiger partial charge < -0.3 is 9.72 Å². The summed E-state index contributed by atoms with van der Waals surface area (Å²) >= 11 is 13.1. The molecule has 0 spiro atoms. The second-order valence-electron chi connectivity index (χ2n) is 4.33. The molecule has 0 amide bonds. The van der Waals surface area contributed by atoms with Gasteiger partial charge in [0, 0.05) is 0 Å². The first-order valence-electron chi connectivity index (χ1n) is 6.14. The molecule has 3 aromatic rings. The number of carbonyl (C=O) groups is 1. The Bertz CT molecular complexity index is 920. The minimum absolute atomic E-state index is 0.129. The fraction of sp³-hybridized carbons (Fsp3) is 0.0714. The van der Waals surface area contributed by atoms with E-state index in [-0.39, 0.29) is 33.6 Å². The van der Waals surface area contributed by atoms with Crippen LogP contribution in [-0.4, -0.2) is 15.9 Å². The number of H-pyrrole nitrogens is 1. The van der Waals surface area contributed by atoms with Crippen LogP contribution in [-0.2, 0) is 11.3 Å². The lowest BCUT2D eigenvalue weighted by Gasteiger charge is -2.06. The number of aromatic nitrogens is 2. The van der Waals surface area contributed by atoms with Crippen molar-refractivity contribution in [1.82, 2.24) is 9.97 Å². The van der Waals surface area contributed by atoms with Crippen LogP contribution >= 0.6 is 34.5 Å². The van der Waals surface area contributed by atoms with E-state index in [0.717, 1.165) is 0 Å². The first-order chi connectivity index (χ1) is 10.6. The quantitative estimate of drug-likeness (QED) is 0.728. The minimum Gasteiger partial charge on any atom is -0.454 e. The fourth-order valence-electron chi connectivity index (χ4n) is 1.86. The van der Waals surface area contributed by atoms with Crippen molar-refractivity contribution in [2.75, 3.05) is 0 Å². The highest BCUT2D eigenvalue weighted by Crippen LogP contribution is 2.26. The molecule has 22 heavy (non-hydrogen) atoms. The molecule has 5 nitrogen and oxygen atoms in total. The zero-order valence-electron chi connectivity index (χ0n) is 10.9. The summed E-state index contributed by atoms with van der Waals surface area (Å²) < 4.78 is 5.65. The zero-order valence-corrected chi connectivity index (χ0v) is 13.3. The molecule has 8 heteroatoms. The van der Waals surface area contributed by atoms with E-state index in [9.17, 15) is 9.59 Å². The Morgan fingerprint density at radius 3 is 2.95 bits per heavy atom. The van der Waals surface area contributed by atoms with Crippen molar-refractivity contribution in [2.24, 2.45) is 0 Å². The summed E-state index contributed by atoms with van der Waals surface area (Å²) in [7, 11) is 0. The number of ether oxygens (including phenoxy) is 1. The first kappa shape index (κ1) is 15.0. The Hall–Kier alpha value is -1.89. The summed E-state index contributed by atoms with van der Waals surface area (Å²) in [5, 5.41) is 2.17. The molecule has 0 saturated carbocycles. The molecule has 3 rings (SSSR count). The number of nitrogens with one attached hydrogen (secondary N) is 1. The zero-order chi connectivity index (χ0) is 15.7. The molecule has 0 bridgehead atoms. The summed E-state index contributed by atoms with van der Waals surface area (Å²) in [4.78, 5) is 30.6. The molecule has 0 aliphatic heterocycles. The number of nitrogens with zero attached hydrogens (tertiary/aromatic N) is 1. The number of esters is 1. The van der Waals surface area contributed by atoms with Gasteiger partial charge in [-0.15, -0.1) is 11.3 Å². The van der Waals surface area contributed by atoms with Gasteiger partial charge in [-0.05, 0) is 23.6 Å². The average molecular weight is 355 g/mol. The highest BCUT2D eigenvalue weighted by atomic mass is 35.5. The van der Waals surface area contributed by atoms with Crippen LogP contribution in [0.3, 0.4) is 0 Å². The third-order valence-electron chi connectivity index (χ3n) is 2.88. The summed E-state index contributed by atoms with van der Waals surface area (Å²) in [5.41, 5.74) is 0.473. The van der Waals surface area contributed by atoms with Gasteiger partial charge in [0.25, 0.3) is 5.56 Å². The maximum absolute atomic E-state index is 12.0. The van der Waals surface area contributed by atoms with Gasteiger partial charge in [-0.2, -0.15) is 0 Å². The average Bonchev–Trinajstić information content (AvgIpc) is 2.96. The van der Waals surface area contributed by atoms with Crippen LogP contribution in [0.2, 0.25) is 10.0 Å².